The normalized spacial score (nSPS) is 10.1. The van der Waals surface area contributed by atoms with Gasteiger partial charge in [0.2, 0.25) is 0 Å². The van der Waals surface area contributed by atoms with Crippen LogP contribution in [0.5, 0.6) is 0 Å². The van der Waals surface area contributed by atoms with Crippen molar-refractivity contribution in [2.75, 3.05) is 0 Å². The topological polar surface area (TPSA) is 0 Å². The Hall–Kier alpha value is -1.56. The van der Waals surface area contributed by atoms with E-state index in [-0.39, 0.29) is 0 Å². The van der Waals surface area contributed by atoms with Crippen LogP contribution < -0.4 is 0 Å². The summed E-state index contributed by atoms with van der Waals surface area (Å²) in [4.78, 5) is 0. The van der Waals surface area contributed by atoms with Gasteiger partial charge in [-0.05, 0) is 42.2 Å². The summed E-state index contributed by atoms with van der Waals surface area (Å²) in [7, 11) is 0. The van der Waals surface area contributed by atoms with Gasteiger partial charge in [-0.2, -0.15) is 0 Å². The van der Waals surface area contributed by atoms with Gasteiger partial charge in [0.05, 0.1) is 0 Å². The second kappa shape index (κ2) is 3.67. The highest BCUT2D eigenvalue weighted by atomic mass is 14.1. The van der Waals surface area contributed by atoms with E-state index in [1.165, 1.54) is 22.3 Å². The van der Waals surface area contributed by atoms with Gasteiger partial charge in [-0.1, -0.05) is 42.5 Å². The predicted molar refractivity (Wildman–Crippen MR) is 60.2 cm³/mol. The second-order valence-corrected chi connectivity index (χ2v) is 3.54. The molecule has 2 aromatic carbocycles. The zero-order chi connectivity index (χ0) is 9.97. The molecule has 0 atom stereocenters. The fourth-order valence-corrected chi connectivity index (χ4v) is 1.79. The molecule has 0 saturated carbocycles. The molecule has 0 heterocycles. The largest absolute Gasteiger partial charge is 0.0617 e. The van der Waals surface area contributed by atoms with Gasteiger partial charge in [-0.3, -0.25) is 0 Å². The molecule has 0 amide bonds. The van der Waals surface area contributed by atoms with Crippen molar-refractivity contribution in [3.63, 3.8) is 0 Å². The lowest BCUT2D eigenvalue weighted by molar-refractivity contribution is 1.38. The second-order valence-electron chi connectivity index (χ2n) is 3.54. The van der Waals surface area contributed by atoms with Gasteiger partial charge in [0.25, 0.3) is 0 Å². The summed E-state index contributed by atoms with van der Waals surface area (Å²) >= 11 is 0. The minimum Gasteiger partial charge on any atom is -0.0617 e. The fourth-order valence-electron chi connectivity index (χ4n) is 1.79. The van der Waals surface area contributed by atoms with E-state index in [1.807, 2.05) is 12.1 Å². The van der Waals surface area contributed by atoms with Crippen molar-refractivity contribution >= 4 is 0 Å². The molecule has 0 aliphatic carbocycles. The van der Waals surface area contributed by atoms with E-state index in [0.29, 0.717) is 0 Å². The third-order valence-electron chi connectivity index (χ3n) is 2.46. The Morgan fingerprint density at radius 3 is 2.14 bits per heavy atom. The molecule has 0 aliphatic rings. The molecule has 0 spiro atoms. The summed E-state index contributed by atoms with van der Waals surface area (Å²) in [5, 5.41) is 0. The molecule has 1 radical (unpaired) electrons. The molecular formula is C14H13. The first kappa shape index (κ1) is 9.01. The lowest BCUT2D eigenvalue weighted by Crippen LogP contribution is -1.86. The van der Waals surface area contributed by atoms with Crippen molar-refractivity contribution in [1.82, 2.24) is 0 Å². The zero-order valence-electron chi connectivity index (χ0n) is 8.54. The Morgan fingerprint density at radius 2 is 1.57 bits per heavy atom. The van der Waals surface area contributed by atoms with Crippen molar-refractivity contribution < 1.29 is 0 Å². The molecule has 0 N–H and O–H groups in total. The molecular weight excluding hydrogens is 168 g/mol. The average molecular weight is 181 g/mol. The number of rotatable bonds is 1. The van der Waals surface area contributed by atoms with E-state index >= 15 is 0 Å². The van der Waals surface area contributed by atoms with Crippen LogP contribution in [0.3, 0.4) is 0 Å². The summed E-state index contributed by atoms with van der Waals surface area (Å²) in [6, 6.07) is 17.8. The third kappa shape index (κ3) is 1.56. The summed E-state index contributed by atoms with van der Waals surface area (Å²) in [5.74, 6) is 0. The van der Waals surface area contributed by atoms with Gasteiger partial charge < -0.3 is 0 Å². The van der Waals surface area contributed by atoms with Crippen LogP contribution in [0.15, 0.2) is 42.5 Å². The monoisotopic (exact) mass is 181 g/mol. The highest BCUT2D eigenvalue weighted by Crippen LogP contribution is 2.25. The van der Waals surface area contributed by atoms with Crippen molar-refractivity contribution in [1.29, 1.82) is 0 Å². The zero-order valence-corrected chi connectivity index (χ0v) is 8.54. The van der Waals surface area contributed by atoms with Crippen LogP contribution in [0.25, 0.3) is 11.1 Å². The number of aryl methyl sites for hydroxylation is 2. The summed E-state index contributed by atoms with van der Waals surface area (Å²) < 4.78 is 0. The fraction of sp³-hybridized carbons (Fsp3) is 0.143. The van der Waals surface area contributed by atoms with E-state index in [0.717, 1.165) is 0 Å². The van der Waals surface area contributed by atoms with Crippen LogP contribution in [0.2, 0.25) is 0 Å². The molecule has 14 heavy (non-hydrogen) atoms. The highest BCUT2D eigenvalue weighted by Gasteiger charge is 2.03. The first-order valence-electron chi connectivity index (χ1n) is 4.82. The molecule has 69 valence electrons. The Labute approximate surface area is 85.2 Å². The van der Waals surface area contributed by atoms with E-state index in [9.17, 15) is 0 Å². The quantitative estimate of drug-likeness (QED) is 0.628. The molecule has 0 nitrogen and oxygen atoms in total. The van der Waals surface area contributed by atoms with Crippen molar-refractivity contribution in [2.45, 2.75) is 13.8 Å². The Bertz CT molecular complexity index is 407. The minimum absolute atomic E-state index is 1.18. The Morgan fingerprint density at radius 1 is 0.857 bits per heavy atom. The van der Waals surface area contributed by atoms with Crippen LogP contribution in [0.4, 0.5) is 0 Å². The summed E-state index contributed by atoms with van der Waals surface area (Å²) in [5.41, 5.74) is 5.12. The first-order chi connectivity index (χ1) is 6.79. The molecule has 0 saturated heterocycles. The van der Waals surface area contributed by atoms with E-state index in [4.69, 9.17) is 0 Å². The molecule has 0 aromatic heterocycles. The van der Waals surface area contributed by atoms with Gasteiger partial charge >= 0.3 is 0 Å². The maximum atomic E-state index is 3.27. The average Bonchev–Trinajstić information content (AvgIpc) is 2.19. The first-order valence-corrected chi connectivity index (χ1v) is 4.82. The molecule has 0 bridgehead atoms. The Balaban J connectivity index is 2.63. The number of hydrogen-bond donors (Lipinski definition) is 0. The SMILES string of the molecule is Cc1cccc(C)c1-c1[c]cccc1. The van der Waals surface area contributed by atoms with E-state index in [1.54, 1.807) is 0 Å². The van der Waals surface area contributed by atoms with Gasteiger partial charge in [0.15, 0.2) is 0 Å². The van der Waals surface area contributed by atoms with Gasteiger partial charge in [0.1, 0.15) is 0 Å². The molecule has 0 heteroatoms. The van der Waals surface area contributed by atoms with Gasteiger partial charge in [-0.15, -0.1) is 0 Å². The highest BCUT2D eigenvalue weighted by molar-refractivity contribution is 5.69. The summed E-state index contributed by atoms with van der Waals surface area (Å²) in [6.45, 7) is 4.28. The van der Waals surface area contributed by atoms with Gasteiger partial charge in [0, 0.05) is 0 Å². The van der Waals surface area contributed by atoms with E-state index < -0.39 is 0 Å². The molecule has 0 fully saturated rings. The minimum atomic E-state index is 1.18. The van der Waals surface area contributed by atoms with Crippen molar-refractivity contribution in [3.8, 4) is 11.1 Å². The lowest BCUT2D eigenvalue weighted by atomic mass is 9.96. The standard InChI is InChI=1S/C14H13/c1-11-7-6-8-12(2)14(11)13-9-4-3-5-10-13/h3-9H,1-2H3. The van der Waals surface area contributed by atoms with Crippen LogP contribution >= 0.6 is 0 Å². The summed E-state index contributed by atoms with van der Waals surface area (Å²) in [6.07, 6.45) is 0. The number of hydrogen-bond acceptors (Lipinski definition) is 0. The smallest absolute Gasteiger partial charge is 0.00990 e. The van der Waals surface area contributed by atoms with Gasteiger partial charge in [-0.25, -0.2) is 0 Å². The maximum Gasteiger partial charge on any atom is -0.00990 e. The molecule has 2 aromatic rings. The van der Waals surface area contributed by atoms with Crippen molar-refractivity contribution in [2.24, 2.45) is 0 Å². The number of benzene rings is 2. The lowest BCUT2D eigenvalue weighted by Gasteiger charge is -2.08. The Kier molecular flexibility index (Phi) is 2.36. The van der Waals surface area contributed by atoms with Crippen LogP contribution in [0.1, 0.15) is 11.1 Å². The molecule has 0 aliphatic heterocycles. The van der Waals surface area contributed by atoms with Crippen molar-refractivity contribution in [3.05, 3.63) is 59.7 Å². The van der Waals surface area contributed by atoms with Crippen LogP contribution in [-0.2, 0) is 0 Å². The van der Waals surface area contributed by atoms with Crippen LogP contribution in [-0.4, -0.2) is 0 Å². The third-order valence-corrected chi connectivity index (χ3v) is 2.46. The van der Waals surface area contributed by atoms with E-state index in [2.05, 4.69) is 50.2 Å². The van der Waals surface area contributed by atoms with Crippen LogP contribution in [0, 0.1) is 19.9 Å². The molecule has 2 rings (SSSR count). The maximum absolute atomic E-state index is 3.27. The predicted octanol–water partition coefficient (Wildman–Crippen LogP) is 3.77. The molecule has 0 unspecified atom stereocenters.